The van der Waals surface area contributed by atoms with Gasteiger partial charge in [-0.05, 0) is 38.5 Å². The van der Waals surface area contributed by atoms with Crippen molar-refractivity contribution in [2.45, 2.75) is 39.1 Å². The van der Waals surface area contributed by atoms with Gasteiger partial charge in [0.15, 0.2) is 0 Å². The van der Waals surface area contributed by atoms with Crippen molar-refractivity contribution >= 4 is 23.2 Å². The lowest BCUT2D eigenvalue weighted by atomic mass is 9.90. The third kappa shape index (κ3) is 3.47. The van der Waals surface area contributed by atoms with Crippen LogP contribution in [0.3, 0.4) is 0 Å². The Bertz CT molecular complexity index is 1280. The van der Waals surface area contributed by atoms with Crippen LogP contribution in [0, 0.1) is 17.0 Å². The first-order valence-electron chi connectivity index (χ1n) is 10.2. The molecule has 2 aromatic carbocycles. The van der Waals surface area contributed by atoms with Crippen molar-refractivity contribution < 1.29 is 32.4 Å². The Balaban J connectivity index is 2.06. The highest BCUT2D eigenvalue weighted by molar-refractivity contribution is 6.05. The molecule has 2 aliphatic heterocycles. The van der Waals surface area contributed by atoms with Crippen molar-refractivity contribution in [1.82, 2.24) is 9.80 Å². The van der Waals surface area contributed by atoms with Crippen molar-refractivity contribution in [3.8, 4) is 5.75 Å². The second kappa shape index (κ2) is 7.57. The highest BCUT2D eigenvalue weighted by atomic mass is 19.4. The molecule has 2 aromatic rings. The Hall–Kier alpha value is -3.89. The molecule has 2 amide bonds. The van der Waals surface area contributed by atoms with Crippen LogP contribution >= 0.6 is 0 Å². The normalized spacial score (nSPS) is 16.7. The highest BCUT2D eigenvalue weighted by Crippen LogP contribution is 2.48. The molecule has 0 spiro atoms. The average Bonchev–Trinajstić information content (AvgIpc) is 3.07. The second-order valence-electron chi connectivity index (χ2n) is 8.56. The molecular formula is C23H20F3N3O5. The minimum atomic E-state index is -5.20. The zero-order valence-corrected chi connectivity index (χ0v) is 18.7. The average molecular weight is 475 g/mol. The number of hydrogen-bond donors (Lipinski definition) is 0. The zero-order chi connectivity index (χ0) is 25.2. The number of carbonyl (C=O) groups is 2. The molecule has 0 aromatic heterocycles. The summed E-state index contributed by atoms with van der Waals surface area (Å²) < 4.78 is 46.2. The Morgan fingerprint density at radius 3 is 2.44 bits per heavy atom. The van der Waals surface area contributed by atoms with Crippen molar-refractivity contribution in [3.63, 3.8) is 0 Å². The van der Waals surface area contributed by atoms with Gasteiger partial charge in [0.25, 0.3) is 11.6 Å². The number of nitro groups is 1. The SMILES string of the molecule is Cc1c([N+](=O)[O-])ccc2c1C(N1Cc3ccccc3C1=O)=C(N(C)C(=O)C(F)(F)F)C(C)(C)O2. The number of nitro benzene ring substituents is 1. The van der Waals surface area contributed by atoms with Crippen molar-refractivity contribution in [2.24, 2.45) is 0 Å². The van der Waals surface area contributed by atoms with E-state index in [0.29, 0.717) is 16.0 Å². The summed E-state index contributed by atoms with van der Waals surface area (Å²) in [6.07, 6.45) is -5.20. The summed E-state index contributed by atoms with van der Waals surface area (Å²) in [5.74, 6) is -2.50. The number of hydrogen-bond acceptors (Lipinski definition) is 5. The molecular weight excluding hydrogens is 455 g/mol. The predicted molar refractivity (Wildman–Crippen MR) is 115 cm³/mol. The minimum absolute atomic E-state index is 0.0134. The van der Waals surface area contributed by atoms with Gasteiger partial charge in [0, 0.05) is 24.2 Å². The van der Waals surface area contributed by atoms with E-state index in [4.69, 9.17) is 4.74 Å². The number of alkyl halides is 3. The van der Waals surface area contributed by atoms with Gasteiger partial charge in [-0.15, -0.1) is 0 Å². The summed E-state index contributed by atoms with van der Waals surface area (Å²) in [5, 5.41) is 11.6. The van der Waals surface area contributed by atoms with E-state index in [1.165, 1.54) is 37.8 Å². The van der Waals surface area contributed by atoms with Crippen LogP contribution < -0.4 is 4.74 Å². The molecule has 8 nitrogen and oxygen atoms in total. The van der Waals surface area contributed by atoms with Gasteiger partial charge in [-0.1, -0.05) is 18.2 Å². The molecule has 0 saturated heterocycles. The number of rotatable bonds is 3. The van der Waals surface area contributed by atoms with Crippen LogP contribution in [-0.4, -0.2) is 45.4 Å². The van der Waals surface area contributed by atoms with Gasteiger partial charge in [0.1, 0.15) is 11.4 Å². The molecule has 2 aliphatic rings. The number of likely N-dealkylation sites (N-methyl/N-ethyl adjacent to an activating group) is 1. The molecule has 0 aliphatic carbocycles. The minimum Gasteiger partial charge on any atom is -0.481 e. The summed E-state index contributed by atoms with van der Waals surface area (Å²) >= 11 is 0. The van der Waals surface area contributed by atoms with Gasteiger partial charge < -0.3 is 14.5 Å². The molecule has 2 heterocycles. The number of amides is 2. The number of carbonyl (C=O) groups excluding carboxylic acids is 2. The fourth-order valence-corrected chi connectivity index (χ4v) is 4.53. The standard InChI is InChI=1S/C23H20F3N3O5/c1-12-15(29(32)33)9-10-16-17(12)18(28-11-13-7-5-6-8-14(13)20(28)30)19(22(2,3)34-16)27(4)21(31)23(24,25)26/h5-10H,11H2,1-4H3. The van der Waals surface area contributed by atoms with Gasteiger partial charge in [0.2, 0.25) is 0 Å². The first-order valence-corrected chi connectivity index (χ1v) is 10.2. The maximum absolute atomic E-state index is 13.4. The first kappa shape index (κ1) is 23.3. The van der Waals surface area contributed by atoms with Gasteiger partial charge in [0.05, 0.1) is 28.4 Å². The molecule has 0 N–H and O–H groups in total. The fraction of sp³-hybridized carbons (Fsp3) is 0.304. The molecule has 0 fully saturated rings. The number of fused-ring (bicyclic) bond motifs is 2. The van der Waals surface area contributed by atoms with E-state index in [-0.39, 0.29) is 40.5 Å². The third-order valence-electron chi connectivity index (χ3n) is 5.97. The maximum atomic E-state index is 13.4. The highest BCUT2D eigenvalue weighted by Gasteiger charge is 2.50. The zero-order valence-electron chi connectivity index (χ0n) is 18.7. The van der Waals surface area contributed by atoms with E-state index >= 15 is 0 Å². The summed E-state index contributed by atoms with van der Waals surface area (Å²) in [6, 6.07) is 9.27. The molecule has 0 atom stereocenters. The van der Waals surface area contributed by atoms with Crippen LogP contribution in [0.15, 0.2) is 42.1 Å². The van der Waals surface area contributed by atoms with Crippen molar-refractivity contribution in [1.29, 1.82) is 0 Å². The van der Waals surface area contributed by atoms with Gasteiger partial charge in [-0.2, -0.15) is 13.2 Å². The van der Waals surface area contributed by atoms with E-state index in [9.17, 15) is 32.9 Å². The van der Waals surface area contributed by atoms with Gasteiger partial charge in [-0.3, -0.25) is 19.7 Å². The summed E-state index contributed by atoms with van der Waals surface area (Å²) in [4.78, 5) is 38.3. The fourth-order valence-electron chi connectivity index (χ4n) is 4.53. The second-order valence-corrected chi connectivity index (χ2v) is 8.56. The Labute approximate surface area is 192 Å². The van der Waals surface area contributed by atoms with Crippen molar-refractivity contribution in [2.75, 3.05) is 7.05 Å². The van der Waals surface area contributed by atoms with Crippen LogP contribution in [0.2, 0.25) is 0 Å². The molecule has 0 radical (unpaired) electrons. The van der Waals surface area contributed by atoms with Gasteiger partial charge in [-0.25, -0.2) is 0 Å². The Morgan fingerprint density at radius 1 is 1.21 bits per heavy atom. The van der Waals surface area contributed by atoms with Crippen LogP contribution in [0.4, 0.5) is 18.9 Å². The summed E-state index contributed by atoms with van der Waals surface area (Å²) in [7, 11) is 0.946. The van der Waals surface area contributed by atoms with Crippen LogP contribution in [0.1, 0.15) is 40.9 Å². The largest absolute Gasteiger partial charge is 0.481 e. The van der Waals surface area contributed by atoms with Crippen LogP contribution in [-0.2, 0) is 11.3 Å². The van der Waals surface area contributed by atoms with E-state index in [1.807, 2.05) is 0 Å². The molecule has 0 saturated carbocycles. The quantitative estimate of drug-likeness (QED) is 0.484. The Kier molecular flexibility index (Phi) is 5.18. The first-order chi connectivity index (χ1) is 15.8. The van der Waals surface area contributed by atoms with E-state index in [2.05, 4.69) is 0 Å². The molecule has 4 rings (SSSR count). The molecule has 0 unspecified atom stereocenters. The van der Waals surface area contributed by atoms with Crippen LogP contribution in [0.5, 0.6) is 5.75 Å². The van der Waals surface area contributed by atoms with Gasteiger partial charge >= 0.3 is 12.1 Å². The number of ether oxygens (including phenoxy) is 1. The third-order valence-corrected chi connectivity index (χ3v) is 5.97. The number of benzene rings is 2. The lowest BCUT2D eigenvalue weighted by Gasteiger charge is -2.42. The predicted octanol–water partition coefficient (Wildman–Crippen LogP) is 4.42. The topological polar surface area (TPSA) is 93.0 Å². The summed E-state index contributed by atoms with van der Waals surface area (Å²) in [5.41, 5.74) is -0.871. The van der Waals surface area contributed by atoms with E-state index in [0.717, 1.165) is 7.05 Å². The van der Waals surface area contributed by atoms with E-state index in [1.54, 1.807) is 24.3 Å². The van der Waals surface area contributed by atoms with Crippen molar-refractivity contribution in [3.05, 3.63) is 74.5 Å². The molecule has 0 bridgehead atoms. The number of halogens is 3. The lowest BCUT2D eigenvalue weighted by molar-refractivity contribution is -0.385. The monoisotopic (exact) mass is 475 g/mol. The maximum Gasteiger partial charge on any atom is 0.471 e. The molecule has 34 heavy (non-hydrogen) atoms. The molecule has 178 valence electrons. The smallest absolute Gasteiger partial charge is 0.471 e. The lowest BCUT2D eigenvalue weighted by Crippen LogP contribution is -2.49. The van der Waals surface area contributed by atoms with E-state index < -0.39 is 28.5 Å². The number of nitrogens with zero attached hydrogens (tertiary/aromatic N) is 3. The van der Waals surface area contributed by atoms with Crippen LogP contribution in [0.25, 0.3) is 5.70 Å². The summed E-state index contributed by atoms with van der Waals surface area (Å²) in [6.45, 7) is 4.38. The Morgan fingerprint density at radius 2 is 1.85 bits per heavy atom. The molecule has 11 heteroatoms.